The zero-order valence-corrected chi connectivity index (χ0v) is 11.2. The Kier molecular flexibility index (Phi) is 5.18. The molecule has 0 saturated heterocycles. The molecule has 0 atom stereocenters. The minimum absolute atomic E-state index is 0.0292. The van der Waals surface area contributed by atoms with E-state index in [2.05, 4.69) is 10.3 Å². The molecule has 1 rings (SSSR count). The highest BCUT2D eigenvalue weighted by molar-refractivity contribution is 8.00. The number of alkyl halides is 3. The SMILES string of the molecule is CC(=O)c1sc(NCCSC(F)(F)F)nc1C(=O)O. The van der Waals surface area contributed by atoms with Crippen LogP contribution in [-0.2, 0) is 0 Å². The second kappa shape index (κ2) is 6.24. The van der Waals surface area contributed by atoms with Gasteiger partial charge in [0.15, 0.2) is 16.6 Å². The number of rotatable bonds is 6. The second-order valence-electron chi connectivity index (χ2n) is 3.28. The van der Waals surface area contributed by atoms with Crippen molar-refractivity contribution in [1.82, 2.24) is 4.98 Å². The average Bonchev–Trinajstić information content (AvgIpc) is 2.67. The molecule has 0 spiro atoms. The zero-order valence-electron chi connectivity index (χ0n) is 9.58. The topological polar surface area (TPSA) is 79.3 Å². The van der Waals surface area contributed by atoms with Gasteiger partial charge in [-0.2, -0.15) is 13.2 Å². The third kappa shape index (κ3) is 5.07. The number of hydrogen-bond donors (Lipinski definition) is 2. The minimum Gasteiger partial charge on any atom is -0.476 e. The number of nitrogens with one attached hydrogen (secondary N) is 1. The number of carboxylic acids is 1. The summed E-state index contributed by atoms with van der Waals surface area (Å²) in [5, 5.41) is 11.5. The van der Waals surface area contributed by atoms with Crippen molar-refractivity contribution in [3.8, 4) is 0 Å². The first-order valence-corrected chi connectivity index (χ1v) is 6.70. The molecule has 0 saturated carbocycles. The number of hydrogen-bond acceptors (Lipinski definition) is 6. The maximum Gasteiger partial charge on any atom is 0.441 e. The molecule has 5 nitrogen and oxygen atoms in total. The van der Waals surface area contributed by atoms with Crippen molar-refractivity contribution in [3.63, 3.8) is 0 Å². The monoisotopic (exact) mass is 314 g/mol. The van der Waals surface area contributed by atoms with E-state index in [1.54, 1.807) is 0 Å². The van der Waals surface area contributed by atoms with Gasteiger partial charge in [-0.3, -0.25) is 4.79 Å². The van der Waals surface area contributed by atoms with E-state index in [0.717, 1.165) is 11.3 Å². The molecule has 19 heavy (non-hydrogen) atoms. The summed E-state index contributed by atoms with van der Waals surface area (Å²) in [5.41, 5.74) is -4.69. The highest BCUT2D eigenvalue weighted by Gasteiger charge is 2.27. The van der Waals surface area contributed by atoms with Gasteiger partial charge in [0.25, 0.3) is 0 Å². The Morgan fingerprint density at radius 1 is 1.47 bits per heavy atom. The van der Waals surface area contributed by atoms with Crippen molar-refractivity contribution in [1.29, 1.82) is 0 Å². The number of halogens is 3. The van der Waals surface area contributed by atoms with E-state index in [1.165, 1.54) is 6.92 Å². The Morgan fingerprint density at radius 2 is 2.11 bits per heavy atom. The van der Waals surface area contributed by atoms with Gasteiger partial charge in [-0.15, -0.1) is 0 Å². The number of thioether (sulfide) groups is 1. The number of carboxylic acid groups (broad SMARTS) is 1. The molecule has 0 aliphatic carbocycles. The van der Waals surface area contributed by atoms with E-state index < -0.39 is 17.3 Å². The number of nitrogens with zero attached hydrogens (tertiary/aromatic N) is 1. The normalized spacial score (nSPS) is 11.4. The van der Waals surface area contributed by atoms with Gasteiger partial charge in [0.1, 0.15) is 4.88 Å². The standard InChI is InChI=1S/C9H9F3N2O3S2/c1-4(15)6-5(7(16)17)14-8(19-6)13-2-3-18-9(10,11)12/h2-3H2,1H3,(H,13,14)(H,16,17). The molecule has 10 heteroatoms. The van der Waals surface area contributed by atoms with Crippen LogP contribution in [0.2, 0.25) is 0 Å². The van der Waals surface area contributed by atoms with Crippen molar-refractivity contribution in [2.75, 3.05) is 17.6 Å². The number of ketones is 1. The van der Waals surface area contributed by atoms with Gasteiger partial charge in [0, 0.05) is 19.2 Å². The van der Waals surface area contributed by atoms with Gasteiger partial charge in [0.2, 0.25) is 0 Å². The lowest BCUT2D eigenvalue weighted by Gasteiger charge is -2.05. The highest BCUT2D eigenvalue weighted by Crippen LogP contribution is 2.30. The van der Waals surface area contributed by atoms with E-state index in [-0.39, 0.29) is 39.8 Å². The van der Waals surface area contributed by atoms with E-state index >= 15 is 0 Å². The summed E-state index contributed by atoms with van der Waals surface area (Å²) < 4.78 is 35.6. The van der Waals surface area contributed by atoms with Gasteiger partial charge in [-0.25, -0.2) is 9.78 Å². The van der Waals surface area contributed by atoms with Crippen molar-refractivity contribution < 1.29 is 27.9 Å². The summed E-state index contributed by atoms with van der Waals surface area (Å²) in [6.07, 6.45) is 0. The van der Waals surface area contributed by atoms with Gasteiger partial charge in [-0.05, 0) is 11.8 Å². The molecule has 2 N–H and O–H groups in total. The molecule has 0 aliphatic rings. The van der Waals surface area contributed by atoms with Crippen LogP contribution in [0.25, 0.3) is 0 Å². The van der Waals surface area contributed by atoms with Crippen LogP contribution in [0, 0.1) is 0 Å². The minimum atomic E-state index is -4.30. The molecule has 0 bridgehead atoms. The molecule has 0 aliphatic heterocycles. The predicted octanol–water partition coefficient (Wildman–Crippen LogP) is 2.71. The molecule has 0 fully saturated rings. The van der Waals surface area contributed by atoms with Crippen LogP contribution in [0.1, 0.15) is 27.1 Å². The fraction of sp³-hybridized carbons (Fsp3) is 0.444. The molecule has 1 aromatic heterocycles. The third-order valence-corrected chi connectivity index (χ3v) is 3.64. The van der Waals surface area contributed by atoms with Crippen molar-refractivity contribution in [3.05, 3.63) is 10.6 Å². The zero-order chi connectivity index (χ0) is 14.6. The highest BCUT2D eigenvalue weighted by atomic mass is 32.2. The van der Waals surface area contributed by atoms with Crippen LogP contribution in [-0.4, -0.2) is 39.6 Å². The first-order valence-electron chi connectivity index (χ1n) is 4.90. The number of carbonyl (C=O) groups is 2. The molecular formula is C9H9F3N2O3S2. The number of carbonyl (C=O) groups excluding carboxylic acids is 1. The fourth-order valence-corrected chi connectivity index (χ4v) is 2.42. The number of thiazole rings is 1. The lowest BCUT2D eigenvalue weighted by molar-refractivity contribution is -0.0327. The van der Waals surface area contributed by atoms with Crippen LogP contribution in [0.3, 0.4) is 0 Å². The molecule has 0 aromatic carbocycles. The van der Waals surface area contributed by atoms with Crippen LogP contribution < -0.4 is 5.32 Å². The second-order valence-corrected chi connectivity index (χ2v) is 5.44. The quantitative estimate of drug-likeness (QED) is 0.621. The molecule has 1 aromatic rings. The van der Waals surface area contributed by atoms with Crippen molar-refractivity contribution in [2.24, 2.45) is 0 Å². The molecule has 1 heterocycles. The average molecular weight is 314 g/mol. The van der Waals surface area contributed by atoms with Crippen molar-refractivity contribution in [2.45, 2.75) is 12.4 Å². The Bertz CT molecular complexity index is 456. The van der Waals surface area contributed by atoms with Gasteiger partial charge in [-0.1, -0.05) is 11.3 Å². The van der Waals surface area contributed by atoms with Gasteiger partial charge >= 0.3 is 11.5 Å². The lowest BCUT2D eigenvalue weighted by atomic mass is 10.3. The number of anilines is 1. The smallest absolute Gasteiger partial charge is 0.441 e. The Balaban J connectivity index is 2.63. The Hall–Kier alpha value is -1.29. The van der Waals surface area contributed by atoms with E-state index in [1.807, 2.05) is 0 Å². The molecular weight excluding hydrogens is 305 g/mol. The summed E-state index contributed by atoms with van der Waals surface area (Å²) in [6.45, 7) is 1.16. The maximum absolute atomic E-state index is 11.9. The summed E-state index contributed by atoms with van der Waals surface area (Å²) >= 11 is 0.618. The number of aromatic nitrogens is 1. The van der Waals surface area contributed by atoms with E-state index in [9.17, 15) is 22.8 Å². The summed E-state index contributed by atoms with van der Waals surface area (Å²) in [4.78, 5) is 25.6. The van der Waals surface area contributed by atoms with Crippen LogP contribution in [0.5, 0.6) is 0 Å². The molecule has 0 unspecified atom stereocenters. The summed E-state index contributed by atoms with van der Waals surface area (Å²) in [6, 6.07) is 0. The van der Waals surface area contributed by atoms with E-state index in [4.69, 9.17) is 5.11 Å². The molecule has 106 valence electrons. The molecule has 0 radical (unpaired) electrons. The van der Waals surface area contributed by atoms with E-state index in [0.29, 0.717) is 0 Å². The Labute approximate surface area is 114 Å². The number of aromatic carboxylic acids is 1. The number of Topliss-reactive ketones (excluding diaryl/α,β-unsaturated/α-hetero) is 1. The van der Waals surface area contributed by atoms with Gasteiger partial charge < -0.3 is 10.4 Å². The first kappa shape index (κ1) is 15.8. The fourth-order valence-electron chi connectivity index (χ4n) is 1.10. The van der Waals surface area contributed by atoms with Crippen LogP contribution in [0.4, 0.5) is 18.3 Å². The summed E-state index contributed by atoms with van der Waals surface area (Å²) in [5.74, 6) is -2.03. The summed E-state index contributed by atoms with van der Waals surface area (Å²) in [7, 11) is 0. The first-order chi connectivity index (χ1) is 8.70. The largest absolute Gasteiger partial charge is 0.476 e. The van der Waals surface area contributed by atoms with Crippen molar-refractivity contribution >= 4 is 40.0 Å². The van der Waals surface area contributed by atoms with Crippen LogP contribution in [0.15, 0.2) is 0 Å². The maximum atomic E-state index is 11.9. The Morgan fingerprint density at radius 3 is 2.53 bits per heavy atom. The van der Waals surface area contributed by atoms with Crippen LogP contribution >= 0.6 is 23.1 Å². The third-order valence-electron chi connectivity index (χ3n) is 1.79. The lowest BCUT2D eigenvalue weighted by Crippen LogP contribution is -2.09. The van der Waals surface area contributed by atoms with Gasteiger partial charge in [0.05, 0.1) is 0 Å². The molecule has 0 amide bonds. The predicted molar refractivity (Wildman–Crippen MR) is 66.1 cm³/mol.